The van der Waals surface area contributed by atoms with Crippen LogP contribution >= 0.6 is 0 Å². The average molecular weight is 276 g/mol. The number of hydrogen-bond acceptors (Lipinski definition) is 3. The lowest BCUT2D eigenvalue weighted by Gasteiger charge is -2.26. The molecule has 2 rings (SSSR count). The molecular formula is C15H20N2O3. The highest BCUT2D eigenvalue weighted by Crippen LogP contribution is 2.24. The molecule has 1 aliphatic rings. The highest BCUT2D eigenvalue weighted by atomic mass is 16.4. The van der Waals surface area contributed by atoms with Crippen LogP contribution in [0, 0.1) is 5.92 Å². The van der Waals surface area contributed by atoms with Gasteiger partial charge >= 0.3 is 5.97 Å². The maximum absolute atomic E-state index is 12.2. The van der Waals surface area contributed by atoms with Gasteiger partial charge in [0.05, 0.1) is 5.92 Å². The van der Waals surface area contributed by atoms with E-state index in [0.717, 1.165) is 17.7 Å². The van der Waals surface area contributed by atoms with Gasteiger partial charge in [0.1, 0.15) is 0 Å². The monoisotopic (exact) mass is 276 g/mol. The molecule has 1 aliphatic heterocycles. The summed E-state index contributed by atoms with van der Waals surface area (Å²) in [6.45, 7) is 2.46. The first-order valence-electron chi connectivity index (χ1n) is 6.90. The largest absolute Gasteiger partial charge is 0.481 e. The van der Waals surface area contributed by atoms with Crippen LogP contribution < -0.4 is 10.6 Å². The molecule has 2 unspecified atom stereocenters. The summed E-state index contributed by atoms with van der Waals surface area (Å²) in [5.41, 5.74) is 2.24. The molecule has 108 valence electrons. The Hall–Kier alpha value is -2.04. The molecule has 1 aromatic carbocycles. The quantitative estimate of drug-likeness (QED) is 0.764. The van der Waals surface area contributed by atoms with E-state index in [1.165, 1.54) is 0 Å². The zero-order valence-electron chi connectivity index (χ0n) is 11.6. The molecule has 2 atom stereocenters. The van der Waals surface area contributed by atoms with Crippen molar-refractivity contribution in [2.75, 3.05) is 11.9 Å². The Morgan fingerprint density at radius 3 is 2.95 bits per heavy atom. The number of aliphatic carboxylic acids is 1. The number of para-hydroxylation sites is 1. The fraction of sp³-hybridized carbons (Fsp3) is 0.467. The molecule has 5 heteroatoms. The predicted molar refractivity (Wildman–Crippen MR) is 76.6 cm³/mol. The van der Waals surface area contributed by atoms with Crippen LogP contribution in [0.15, 0.2) is 24.3 Å². The van der Waals surface area contributed by atoms with Gasteiger partial charge in [-0.2, -0.15) is 0 Å². The molecule has 0 spiro atoms. The number of amides is 1. The molecule has 1 amide bonds. The van der Waals surface area contributed by atoms with Gasteiger partial charge in [-0.15, -0.1) is 0 Å². The lowest BCUT2D eigenvalue weighted by molar-refractivity contribution is -0.137. The molecule has 5 nitrogen and oxygen atoms in total. The maximum atomic E-state index is 12.2. The smallest absolute Gasteiger partial charge is 0.303 e. The number of nitrogens with one attached hydrogen (secondary N) is 2. The third kappa shape index (κ3) is 3.73. The number of fused-ring (bicyclic) bond motifs is 1. The minimum atomic E-state index is -0.834. The Morgan fingerprint density at radius 1 is 1.45 bits per heavy atom. The van der Waals surface area contributed by atoms with Gasteiger partial charge < -0.3 is 15.7 Å². The van der Waals surface area contributed by atoms with Gasteiger partial charge in [-0.1, -0.05) is 18.2 Å². The van der Waals surface area contributed by atoms with E-state index in [2.05, 4.69) is 10.6 Å². The Balaban J connectivity index is 1.87. The van der Waals surface area contributed by atoms with Crippen molar-refractivity contribution in [2.45, 2.75) is 32.2 Å². The summed E-state index contributed by atoms with van der Waals surface area (Å²) in [4.78, 5) is 22.7. The second kappa shape index (κ2) is 6.41. The molecule has 20 heavy (non-hydrogen) atoms. The lowest BCUT2D eigenvalue weighted by Crippen LogP contribution is -2.42. The first kappa shape index (κ1) is 14.4. The van der Waals surface area contributed by atoms with Crippen molar-refractivity contribution in [2.24, 2.45) is 5.92 Å². The highest BCUT2D eigenvalue weighted by Gasteiger charge is 2.25. The molecule has 0 aliphatic carbocycles. The van der Waals surface area contributed by atoms with Crippen LogP contribution in [0.3, 0.4) is 0 Å². The average Bonchev–Trinajstić information content (AvgIpc) is 2.44. The number of benzene rings is 1. The van der Waals surface area contributed by atoms with Crippen LogP contribution in [0.4, 0.5) is 5.69 Å². The highest BCUT2D eigenvalue weighted by molar-refractivity contribution is 5.81. The second-order valence-electron chi connectivity index (χ2n) is 5.28. The topological polar surface area (TPSA) is 78.4 Å². The first-order chi connectivity index (χ1) is 9.56. The van der Waals surface area contributed by atoms with Crippen molar-refractivity contribution < 1.29 is 14.7 Å². The molecule has 1 aromatic rings. The molecule has 0 saturated heterocycles. The SMILES string of the molecule is CC(CCC(=O)O)NC(=O)C1CNc2ccccc2C1. The third-order valence-corrected chi connectivity index (χ3v) is 3.57. The summed E-state index contributed by atoms with van der Waals surface area (Å²) >= 11 is 0. The summed E-state index contributed by atoms with van der Waals surface area (Å²) in [7, 11) is 0. The van der Waals surface area contributed by atoms with Crippen LogP contribution in [-0.4, -0.2) is 29.6 Å². The van der Waals surface area contributed by atoms with Crippen LogP contribution in [0.25, 0.3) is 0 Å². The number of carbonyl (C=O) groups excluding carboxylic acids is 1. The molecule has 0 fully saturated rings. The molecule has 0 aromatic heterocycles. The fourth-order valence-corrected chi connectivity index (χ4v) is 2.40. The zero-order valence-corrected chi connectivity index (χ0v) is 11.6. The Morgan fingerprint density at radius 2 is 2.20 bits per heavy atom. The van der Waals surface area contributed by atoms with Crippen LogP contribution in [-0.2, 0) is 16.0 Å². The number of rotatable bonds is 5. The Kier molecular flexibility index (Phi) is 4.61. The van der Waals surface area contributed by atoms with Crippen molar-refractivity contribution in [3.63, 3.8) is 0 Å². The van der Waals surface area contributed by atoms with Gasteiger partial charge in [-0.25, -0.2) is 0 Å². The summed E-state index contributed by atoms with van der Waals surface area (Å²) in [5, 5.41) is 14.8. The van der Waals surface area contributed by atoms with Crippen molar-refractivity contribution in [3.8, 4) is 0 Å². The third-order valence-electron chi connectivity index (χ3n) is 3.57. The predicted octanol–water partition coefficient (Wildman–Crippen LogP) is 1.64. The van der Waals surface area contributed by atoms with E-state index in [0.29, 0.717) is 13.0 Å². The molecule has 3 N–H and O–H groups in total. The second-order valence-corrected chi connectivity index (χ2v) is 5.28. The maximum Gasteiger partial charge on any atom is 0.303 e. The van der Waals surface area contributed by atoms with E-state index >= 15 is 0 Å². The van der Waals surface area contributed by atoms with Gasteiger partial charge in [0.15, 0.2) is 0 Å². The lowest BCUT2D eigenvalue weighted by atomic mass is 9.93. The van der Waals surface area contributed by atoms with Crippen LogP contribution in [0.1, 0.15) is 25.3 Å². The number of hydrogen-bond donors (Lipinski definition) is 3. The summed E-state index contributed by atoms with van der Waals surface area (Å²) in [6.07, 6.45) is 1.26. The van der Waals surface area contributed by atoms with Gasteiger partial charge in [0.2, 0.25) is 5.91 Å². The van der Waals surface area contributed by atoms with E-state index < -0.39 is 5.97 Å². The minimum absolute atomic E-state index is 0.00936. The number of carbonyl (C=O) groups is 2. The first-order valence-corrected chi connectivity index (χ1v) is 6.90. The fourth-order valence-electron chi connectivity index (χ4n) is 2.40. The number of anilines is 1. The summed E-state index contributed by atoms with van der Waals surface area (Å²) in [6, 6.07) is 7.86. The van der Waals surface area contributed by atoms with E-state index in [-0.39, 0.29) is 24.3 Å². The Labute approximate surface area is 118 Å². The van der Waals surface area contributed by atoms with Crippen molar-refractivity contribution in [1.82, 2.24) is 5.32 Å². The van der Waals surface area contributed by atoms with Crippen molar-refractivity contribution >= 4 is 17.6 Å². The van der Waals surface area contributed by atoms with Crippen molar-refractivity contribution in [3.05, 3.63) is 29.8 Å². The normalized spacial score (nSPS) is 18.6. The number of carboxylic acids is 1. The van der Waals surface area contributed by atoms with Gasteiger partial charge in [-0.3, -0.25) is 9.59 Å². The van der Waals surface area contributed by atoms with Crippen LogP contribution in [0.2, 0.25) is 0 Å². The Bertz CT molecular complexity index is 502. The van der Waals surface area contributed by atoms with Gasteiger partial charge in [0, 0.05) is 24.7 Å². The van der Waals surface area contributed by atoms with E-state index in [9.17, 15) is 9.59 Å². The standard InChI is InChI=1S/C15H20N2O3/c1-10(6-7-14(18)19)17-15(20)12-8-11-4-2-3-5-13(11)16-9-12/h2-5,10,12,16H,6-9H2,1H3,(H,17,20)(H,18,19). The molecule has 0 bridgehead atoms. The van der Waals surface area contributed by atoms with Gasteiger partial charge in [0.25, 0.3) is 0 Å². The van der Waals surface area contributed by atoms with Gasteiger partial charge in [-0.05, 0) is 31.4 Å². The molecule has 1 heterocycles. The molecular weight excluding hydrogens is 256 g/mol. The molecule has 0 saturated carbocycles. The minimum Gasteiger partial charge on any atom is -0.481 e. The van der Waals surface area contributed by atoms with E-state index in [1.807, 2.05) is 31.2 Å². The zero-order chi connectivity index (χ0) is 14.5. The van der Waals surface area contributed by atoms with Crippen molar-refractivity contribution in [1.29, 1.82) is 0 Å². The van der Waals surface area contributed by atoms with E-state index in [4.69, 9.17) is 5.11 Å². The molecule has 0 radical (unpaired) electrons. The number of carboxylic acid groups (broad SMARTS) is 1. The van der Waals surface area contributed by atoms with E-state index in [1.54, 1.807) is 0 Å². The summed E-state index contributed by atoms with van der Waals surface area (Å²) in [5.74, 6) is -0.943. The summed E-state index contributed by atoms with van der Waals surface area (Å²) < 4.78 is 0. The van der Waals surface area contributed by atoms with Crippen LogP contribution in [0.5, 0.6) is 0 Å².